The zero-order chi connectivity index (χ0) is 23.3. The molecule has 0 bridgehead atoms. The van der Waals surface area contributed by atoms with Crippen molar-refractivity contribution in [1.82, 2.24) is 30.4 Å². The smallest absolute Gasteiger partial charge is 0.196 e. The van der Waals surface area contributed by atoms with Gasteiger partial charge in [-0.15, -0.1) is 10.2 Å². The molecule has 1 unspecified atom stereocenters. The molecule has 3 heterocycles. The average Bonchev–Trinajstić information content (AvgIpc) is 3.40. The molecule has 1 aromatic heterocycles. The van der Waals surface area contributed by atoms with Crippen molar-refractivity contribution < 1.29 is 9.47 Å². The molecule has 0 spiro atoms. The fraction of sp³-hybridized carbons (Fsp3) is 0.500. The number of methoxy groups -OCH3 is 2. The summed E-state index contributed by atoms with van der Waals surface area (Å²) in [4.78, 5) is 4.30. The van der Waals surface area contributed by atoms with Crippen LogP contribution in [0.25, 0.3) is 0 Å². The Morgan fingerprint density at radius 2 is 1.68 bits per heavy atom. The van der Waals surface area contributed by atoms with Gasteiger partial charge in [0.15, 0.2) is 17.3 Å². The number of likely N-dealkylation sites (tertiary alicyclic amines) is 1. The van der Waals surface area contributed by atoms with Crippen LogP contribution in [0, 0.1) is 0 Å². The molecule has 34 heavy (non-hydrogen) atoms. The van der Waals surface area contributed by atoms with E-state index in [1.54, 1.807) is 14.2 Å². The monoisotopic (exact) mass is 462 g/mol. The van der Waals surface area contributed by atoms with Gasteiger partial charge in [-0.05, 0) is 74.6 Å². The molecule has 2 fully saturated rings. The van der Waals surface area contributed by atoms with E-state index in [0.717, 1.165) is 74.7 Å². The Morgan fingerprint density at radius 3 is 2.38 bits per heavy atom. The fourth-order valence-electron chi connectivity index (χ4n) is 5.38. The summed E-state index contributed by atoms with van der Waals surface area (Å²) in [6.07, 6.45) is 4.22. The number of benzene rings is 2. The summed E-state index contributed by atoms with van der Waals surface area (Å²) in [6.45, 7) is 3.88. The molecule has 8 nitrogen and oxygen atoms in total. The van der Waals surface area contributed by atoms with Crippen LogP contribution < -0.4 is 14.8 Å². The number of nitrogens with one attached hydrogen (secondary N) is 1. The first-order valence-electron chi connectivity index (χ1n) is 12.3. The van der Waals surface area contributed by atoms with Crippen LogP contribution in [0.1, 0.15) is 60.6 Å². The first-order chi connectivity index (χ1) is 16.8. The normalized spacial score (nSPS) is 19.1. The lowest BCUT2D eigenvalue weighted by Gasteiger charge is -2.37. The number of piperidine rings is 2. The van der Waals surface area contributed by atoms with Gasteiger partial charge in [-0.3, -0.25) is 4.90 Å². The second-order valence-electron chi connectivity index (χ2n) is 9.16. The molecule has 1 N–H and O–H groups in total. The topological polar surface area (TPSA) is 77.3 Å². The highest BCUT2D eigenvalue weighted by molar-refractivity contribution is 5.49. The maximum Gasteiger partial charge on any atom is 0.196 e. The van der Waals surface area contributed by atoms with E-state index in [0.29, 0.717) is 12.0 Å². The Hall–Kier alpha value is -2.97. The fourth-order valence-corrected chi connectivity index (χ4v) is 5.38. The minimum Gasteiger partial charge on any atom is -0.493 e. The van der Waals surface area contributed by atoms with Crippen molar-refractivity contribution in [2.24, 2.45) is 0 Å². The molecule has 0 radical (unpaired) electrons. The van der Waals surface area contributed by atoms with Crippen molar-refractivity contribution in [3.8, 4) is 11.5 Å². The van der Waals surface area contributed by atoms with Crippen molar-refractivity contribution in [3.05, 3.63) is 65.5 Å². The number of para-hydroxylation sites is 1. The van der Waals surface area contributed by atoms with Gasteiger partial charge in [-0.1, -0.05) is 42.5 Å². The molecular formula is C26H34N6O2. The van der Waals surface area contributed by atoms with Gasteiger partial charge in [0.05, 0.1) is 20.3 Å². The number of tetrazole rings is 1. The molecule has 5 rings (SSSR count). The molecular weight excluding hydrogens is 428 g/mol. The number of hydrogen-bond donors (Lipinski definition) is 1. The van der Waals surface area contributed by atoms with E-state index >= 15 is 0 Å². The van der Waals surface area contributed by atoms with Crippen LogP contribution >= 0.6 is 0 Å². The second kappa shape index (κ2) is 10.5. The number of nitrogens with zero attached hydrogens (tertiary/aromatic N) is 5. The van der Waals surface area contributed by atoms with Crippen molar-refractivity contribution in [2.75, 3.05) is 40.4 Å². The van der Waals surface area contributed by atoms with E-state index < -0.39 is 0 Å². The molecule has 1 atom stereocenters. The molecule has 2 aliphatic heterocycles. The quantitative estimate of drug-likeness (QED) is 0.575. The summed E-state index contributed by atoms with van der Waals surface area (Å²) < 4.78 is 11.4. The van der Waals surface area contributed by atoms with Gasteiger partial charge in [0.1, 0.15) is 6.04 Å². The zero-order valence-corrected chi connectivity index (χ0v) is 20.1. The van der Waals surface area contributed by atoms with E-state index in [-0.39, 0.29) is 6.04 Å². The highest BCUT2D eigenvalue weighted by Crippen LogP contribution is 2.41. The Labute approximate surface area is 201 Å². The van der Waals surface area contributed by atoms with Gasteiger partial charge in [-0.2, -0.15) is 4.80 Å². The van der Waals surface area contributed by atoms with Gasteiger partial charge >= 0.3 is 0 Å². The first kappa shape index (κ1) is 22.8. The highest BCUT2D eigenvalue weighted by Gasteiger charge is 2.34. The Morgan fingerprint density at radius 1 is 0.912 bits per heavy atom. The summed E-state index contributed by atoms with van der Waals surface area (Å²) in [7, 11) is 3.37. The maximum atomic E-state index is 5.83. The second-order valence-corrected chi connectivity index (χ2v) is 9.16. The summed E-state index contributed by atoms with van der Waals surface area (Å²) in [5.41, 5.74) is 2.44. The largest absolute Gasteiger partial charge is 0.493 e. The van der Waals surface area contributed by atoms with Gasteiger partial charge in [0.2, 0.25) is 0 Å². The molecule has 3 aromatic rings. The van der Waals surface area contributed by atoms with Crippen molar-refractivity contribution in [1.29, 1.82) is 0 Å². The molecule has 180 valence electrons. The lowest BCUT2D eigenvalue weighted by atomic mass is 9.88. The third kappa shape index (κ3) is 4.65. The van der Waals surface area contributed by atoms with Crippen LogP contribution in [-0.4, -0.2) is 65.5 Å². The first-order valence-corrected chi connectivity index (χ1v) is 12.3. The maximum absolute atomic E-state index is 5.83. The van der Waals surface area contributed by atoms with Gasteiger partial charge in [0.25, 0.3) is 0 Å². The lowest BCUT2D eigenvalue weighted by molar-refractivity contribution is 0.165. The van der Waals surface area contributed by atoms with Gasteiger partial charge in [-0.25, -0.2) is 0 Å². The van der Waals surface area contributed by atoms with Crippen molar-refractivity contribution >= 4 is 0 Å². The predicted molar refractivity (Wildman–Crippen MR) is 130 cm³/mol. The molecule has 0 aliphatic carbocycles. The lowest BCUT2D eigenvalue weighted by Crippen LogP contribution is -2.37. The van der Waals surface area contributed by atoms with E-state index in [1.807, 2.05) is 16.9 Å². The van der Waals surface area contributed by atoms with E-state index in [4.69, 9.17) is 14.6 Å². The minimum absolute atomic E-state index is 0.141. The van der Waals surface area contributed by atoms with Crippen LogP contribution in [0.2, 0.25) is 0 Å². The Bertz CT molecular complexity index is 1060. The standard InChI is InChI=1S/C26H34N6O2/c1-33-23-10-6-9-22(25(23)34-2)24(26-28-30-32(29-26)21-11-15-27-16-12-21)31-17-13-20(14-18-31)19-7-4-3-5-8-19/h3-10,20-21,24,27H,11-18H2,1-2H3. The number of aromatic nitrogens is 4. The molecule has 2 saturated heterocycles. The minimum atomic E-state index is -0.141. The Kier molecular flexibility index (Phi) is 7.06. The van der Waals surface area contributed by atoms with Gasteiger partial charge < -0.3 is 14.8 Å². The average molecular weight is 463 g/mol. The molecule has 2 aliphatic rings. The van der Waals surface area contributed by atoms with Crippen molar-refractivity contribution in [3.63, 3.8) is 0 Å². The number of hydrogen-bond acceptors (Lipinski definition) is 7. The SMILES string of the molecule is COc1cccc(C(c2nnn(C3CCNCC3)n2)N2CCC(c3ccccc3)CC2)c1OC. The summed E-state index contributed by atoms with van der Waals surface area (Å²) in [6, 6.07) is 17.0. The number of ether oxygens (including phenoxy) is 2. The summed E-state index contributed by atoms with van der Waals surface area (Å²) >= 11 is 0. The van der Waals surface area contributed by atoms with E-state index in [9.17, 15) is 0 Å². The number of rotatable bonds is 7. The van der Waals surface area contributed by atoms with Crippen LogP contribution in [0.4, 0.5) is 0 Å². The third-order valence-electron chi connectivity index (χ3n) is 7.22. The molecule has 0 amide bonds. The predicted octanol–water partition coefficient (Wildman–Crippen LogP) is 3.58. The van der Waals surface area contributed by atoms with Crippen LogP contribution in [0.15, 0.2) is 48.5 Å². The van der Waals surface area contributed by atoms with Crippen LogP contribution in [0.3, 0.4) is 0 Å². The Balaban J connectivity index is 1.46. The summed E-state index contributed by atoms with van der Waals surface area (Å²) in [5, 5.41) is 17.4. The molecule has 8 heteroatoms. The molecule has 2 aromatic carbocycles. The molecule has 0 saturated carbocycles. The van der Waals surface area contributed by atoms with Crippen LogP contribution in [0.5, 0.6) is 11.5 Å². The zero-order valence-electron chi connectivity index (χ0n) is 20.1. The van der Waals surface area contributed by atoms with Crippen molar-refractivity contribution in [2.45, 2.75) is 43.7 Å². The highest BCUT2D eigenvalue weighted by atomic mass is 16.5. The third-order valence-corrected chi connectivity index (χ3v) is 7.22. The van der Waals surface area contributed by atoms with E-state index in [2.05, 4.69) is 56.9 Å². The summed E-state index contributed by atoms with van der Waals surface area (Å²) in [5.74, 6) is 2.75. The van der Waals surface area contributed by atoms with Crippen LogP contribution in [-0.2, 0) is 0 Å². The van der Waals surface area contributed by atoms with E-state index in [1.165, 1.54) is 5.56 Å². The van der Waals surface area contributed by atoms with Gasteiger partial charge in [0, 0.05) is 5.56 Å².